The van der Waals surface area contributed by atoms with Gasteiger partial charge in [-0.1, -0.05) is 11.6 Å². The Balaban J connectivity index is 3.19. The fourth-order valence-corrected chi connectivity index (χ4v) is 1.80. The van der Waals surface area contributed by atoms with Crippen LogP contribution in [0.3, 0.4) is 0 Å². The van der Waals surface area contributed by atoms with E-state index in [9.17, 15) is 14.7 Å². The van der Waals surface area contributed by atoms with E-state index in [4.69, 9.17) is 16.3 Å². The number of carboxylic acid groups (broad SMARTS) is 1. The average molecular weight is 300 g/mol. The number of hydrogen-bond acceptors (Lipinski definition) is 3. The van der Waals surface area contributed by atoms with Gasteiger partial charge in [-0.15, -0.1) is 0 Å². The molecular formula is C14H18ClNO4. The van der Waals surface area contributed by atoms with Gasteiger partial charge in [-0.25, -0.2) is 9.59 Å². The molecule has 1 amide bonds. The molecule has 1 aromatic rings. The first-order valence-corrected chi connectivity index (χ1v) is 6.57. The molecule has 5 nitrogen and oxygen atoms in total. The zero-order valence-corrected chi connectivity index (χ0v) is 12.7. The molecule has 0 aliphatic heterocycles. The van der Waals surface area contributed by atoms with Gasteiger partial charge in [0.15, 0.2) is 0 Å². The van der Waals surface area contributed by atoms with Crippen LogP contribution in [0.15, 0.2) is 18.2 Å². The number of carboxylic acids is 1. The molecular weight excluding hydrogens is 282 g/mol. The Hall–Kier alpha value is -1.75. The fourth-order valence-electron chi connectivity index (χ4n) is 1.63. The van der Waals surface area contributed by atoms with Crippen molar-refractivity contribution in [2.75, 3.05) is 11.4 Å². The Labute approximate surface area is 123 Å². The minimum Gasteiger partial charge on any atom is -0.478 e. The molecule has 0 bridgehead atoms. The summed E-state index contributed by atoms with van der Waals surface area (Å²) >= 11 is 5.80. The van der Waals surface area contributed by atoms with Crippen molar-refractivity contribution in [1.82, 2.24) is 0 Å². The van der Waals surface area contributed by atoms with E-state index in [1.165, 1.54) is 23.1 Å². The van der Waals surface area contributed by atoms with Gasteiger partial charge in [0.1, 0.15) is 5.60 Å². The second-order valence-corrected chi connectivity index (χ2v) is 5.63. The lowest BCUT2D eigenvalue weighted by atomic mass is 10.1. The number of aromatic carboxylic acids is 1. The van der Waals surface area contributed by atoms with Crippen LogP contribution >= 0.6 is 11.6 Å². The number of rotatable bonds is 3. The predicted molar refractivity (Wildman–Crippen MR) is 77.7 cm³/mol. The first-order chi connectivity index (χ1) is 9.15. The third-order valence-corrected chi connectivity index (χ3v) is 2.65. The Kier molecular flexibility index (Phi) is 5.00. The zero-order chi connectivity index (χ0) is 15.5. The lowest BCUT2D eigenvalue weighted by Gasteiger charge is -2.27. The molecule has 0 saturated heterocycles. The molecule has 0 atom stereocenters. The van der Waals surface area contributed by atoms with Crippen LogP contribution in [-0.4, -0.2) is 29.3 Å². The molecule has 0 aromatic heterocycles. The van der Waals surface area contributed by atoms with Crippen molar-refractivity contribution in [1.29, 1.82) is 0 Å². The molecule has 1 aromatic carbocycles. The molecule has 0 spiro atoms. The number of carbonyl (C=O) groups excluding carboxylic acids is 1. The maximum absolute atomic E-state index is 12.1. The quantitative estimate of drug-likeness (QED) is 0.922. The summed E-state index contributed by atoms with van der Waals surface area (Å²) in [6.07, 6.45) is -0.593. The van der Waals surface area contributed by atoms with Crippen molar-refractivity contribution >= 4 is 29.4 Å². The number of amides is 1. The summed E-state index contributed by atoms with van der Waals surface area (Å²) < 4.78 is 5.27. The van der Waals surface area contributed by atoms with Gasteiger partial charge < -0.3 is 9.84 Å². The SMILES string of the molecule is CCN(C(=O)OC(C)(C)C)c1ccc(Cl)cc1C(=O)O. The predicted octanol–water partition coefficient (Wildman–Crippen LogP) is 3.80. The number of ether oxygens (including phenoxy) is 1. The Bertz CT molecular complexity index is 522. The van der Waals surface area contributed by atoms with Crippen molar-refractivity contribution in [2.45, 2.75) is 33.3 Å². The van der Waals surface area contributed by atoms with Crippen LogP contribution in [0.25, 0.3) is 0 Å². The van der Waals surface area contributed by atoms with Gasteiger partial charge in [-0.3, -0.25) is 4.90 Å². The molecule has 1 N–H and O–H groups in total. The summed E-state index contributed by atoms with van der Waals surface area (Å²) in [6, 6.07) is 4.35. The van der Waals surface area contributed by atoms with Gasteiger partial charge >= 0.3 is 12.1 Å². The van der Waals surface area contributed by atoms with Gasteiger partial charge in [-0.05, 0) is 45.9 Å². The largest absolute Gasteiger partial charge is 0.478 e. The van der Waals surface area contributed by atoms with E-state index in [0.29, 0.717) is 5.02 Å². The molecule has 0 heterocycles. The number of hydrogen-bond donors (Lipinski definition) is 1. The Morgan fingerprint density at radius 2 is 1.95 bits per heavy atom. The van der Waals surface area contributed by atoms with Crippen LogP contribution < -0.4 is 4.90 Å². The second-order valence-electron chi connectivity index (χ2n) is 5.19. The van der Waals surface area contributed by atoms with Crippen LogP contribution in [0.2, 0.25) is 5.02 Å². The first-order valence-electron chi connectivity index (χ1n) is 6.19. The molecule has 0 aliphatic carbocycles. The highest BCUT2D eigenvalue weighted by Gasteiger charge is 2.25. The van der Waals surface area contributed by atoms with E-state index >= 15 is 0 Å². The van der Waals surface area contributed by atoms with E-state index in [2.05, 4.69) is 0 Å². The van der Waals surface area contributed by atoms with Gasteiger partial charge in [0, 0.05) is 11.6 Å². The highest BCUT2D eigenvalue weighted by Crippen LogP contribution is 2.26. The average Bonchev–Trinajstić information content (AvgIpc) is 2.29. The highest BCUT2D eigenvalue weighted by molar-refractivity contribution is 6.31. The summed E-state index contributed by atoms with van der Waals surface area (Å²) in [4.78, 5) is 24.7. The monoisotopic (exact) mass is 299 g/mol. The van der Waals surface area contributed by atoms with E-state index in [1.807, 2.05) is 0 Å². The van der Waals surface area contributed by atoms with Crippen molar-refractivity contribution in [2.24, 2.45) is 0 Å². The Morgan fingerprint density at radius 3 is 2.40 bits per heavy atom. The maximum Gasteiger partial charge on any atom is 0.414 e. The van der Waals surface area contributed by atoms with Gasteiger partial charge in [0.05, 0.1) is 11.3 Å². The number of halogens is 1. The maximum atomic E-state index is 12.1. The summed E-state index contributed by atoms with van der Waals surface area (Å²) in [7, 11) is 0. The zero-order valence-electron chi connectivity index (χ0n) is 11.9. The number of benzene rings is 1. The molecule has 0 aliphatic rings. The minimum absolute atomic E-state index is 0.0368. The van der Waals surface area contributed by atoms with Crippen LogP contribution in [0.1, 0.15) is 38.1 Å². The van der Waals surface area contributed by atoms with Gasteiger partial charge in [0.2, 0.25) is 0 Å². The van der Waals surface area contributed by atoms with Crippen LogP contribution in [0, 0.1) is 0 Å². The fraction of sp³-hybridized carbons (Fsp3) is 0.429. The third kappa shape index (κ3) is 4.13. The van der Waals surface area contributed by atoms with E-state index in [0.717, 1.165) is 0 Å². The number of carbonyl (C=O) groups is 2. The second kappa shape index (κ2) is 6.13. The summed E-state index contributed by atoms with van der Waals surface area (Å²) in [5.41, 5.74) is -0.427. The van der Waals surface area contributed by atoms with Gasteiger partial charge in [-0.2, -0.15) is 0 Å². The van der Waals surface area contributed by atoms with Crippen LogP contribution in [0.5, 0.6) is 0 Å². The van der Waals surface area contributed by atoms with Crippen molar-refractivity contribution in [3.8, 4) is 0 Å². The van der Waals surface area contributed by atoms with Crippen molar-refractivity contribution < 1.29 is 19.4 Å². The molecule has 20 heavy (non-hydrogen) atoms. The first kappa shape index (κ1) is 16.3. The van der Waals surface area contributed by atoms with E-state index < -0.39 is 17.7 Å². The lowest BCUT2D eigenvalue weighted by Crippen LogP contribution is -2.37. The topological polar surface area (TPSA) is 66.8 Å². The highest BCUT2D eigenvalue weighted by atomic mass is 35.5. The summed E-state index contributed by atoms with van der Waals surface area (Å²) in [5.74, 6) is -1.15. The third-order valence-electron chi connectivity index (χ3n) is 2.41. The molecule has 0 radical (unpaired) electrons. The number of nitrogens with zero attached hydrogens (tertiary/aromatic N) is 1. The van der Waals surface area contributed by atoms with Crippen LogP contribution in [0.4, 0.5) is 10.5 Å². The standard InChI is InChI=1S/C14H18ClNO4/c1-5-16(13(19)20-14(2,3)4)11-7-6-9(15)8-10(11)12(17)18/h6-8H,5H2,1-4H3,(H,17,18). The Morgan fingerprint density at radius 1 is 1.35 bits per heavy atom. The summed E-state index contributed by atoms with van der Waals surface area (Å²) in [5, 5.41) is 9.51. The van der Waals surface area contributed by atoms with Crippen LogP contribution in [-0.2, 0) is 4.74 Å². The normalized spacial score (nSPS) is 11.1. The number of anilines is 1. The molecule has 6 heteroatoms. The molecule has 110 valence electrons. The summed E-state index contributed by atoms with van der Waals surface area (Å²) in [6.45, 7) is 7.27. The molecule has 1 rings (SSSR count). The molecule has 0 saturated carbocycles. The molecule has 0 unspecified atom stereocenters. The van der Waals surface area contributed by atoms with E-state index in [1.54, 1.807) is 27.7 Å². The van der Waals surface area contributed by atoms with Crippen molar-refractivity contribution in [3.05, 3.63) is 28.8 Å². The minimum atomic E-state index is -1.15. The smallest absolute Gasteiger partial charge is 0.414 e. The van der Waals surface area contributed by atoms with Crippen molar-refractivity contribution in [3.63, 3.8) is 0 Å². The molecule has 0 fully saturated rings. The van der Waals surface area contributed by atoms with E-state index in [-0.39, 0.29) is 17.8 Å². The van der Waals surface area contributed by atoms with Gasteiger partial charge in [0.25, 0.3) is 0 Å². The lowest BCUT2D eigenvalue weighted by molar-refractivity contribution is 0.0582.